The molecular weight excluding hydrogens is 353 g/mol. The van der Waals surface area contributed by atoms with Crippen molar-refractivity contribution in [1.29, 1.82) is 0 Å². The minimum atomic E-state index is 0. The summed E-state index contributed by atoms with van der Waals surface area (Å²) in [4.78, 5) is 2.29. The Bertz CT molecular complexity index is 222. The van der Waals surface area contributed by atoms with Gasteiger partial charge in [0, 0.05) is 19.6 Å². The predicted octanol–water partition coefficient (Wildman–Crippen LogP) is -0.565. The fraction of sp³-hybridized carbons (Fsp3) is 0.714. The summed E-state index contributed by atoms with van der Waals surface area (Å²) in [5, 5.41) is 9.98. The van der Waals surface area contributed by atoms with Gasteiger partial charge in [0.2, 0.25) is 0 Å². The summed E-state index contributed by atoms with van der Waals surface area (Å²) in [5.74, 6) is 0. The number of hydrogen-bond donors (Lipinski definition) is 1. The second-order valence-electron chi connectivity index (χ2n) is 2.79. The van der Waals surface area contributed by atoms with E-state index in [2.05, 4.69) is 26.5 Å². The number of nitrogens with zero attached hydrogens (tertiary/aromatic N) is 3. The molecule has 2 rings (SSSR count). The monoisotopic (exact) mass is 364 g/mol. The maximum absolute atomic E-state index is 5.23. The Morgan fingerprint density at radius 1 is 1.46 bits per heavy atom. The molecule has 1 aliphatic rings. The largest absolute Gasteiger partial charge is 1.00 e. The van der Waals surface area contributed by atoms with E-state index in [0.717, 1.165) is 38.5 Å². The van der Waals surface area contributed by atoms with Crippen LogP contribution in [0.2, 0.25) is 0 Å². The average molecular weight is 364 g/mol. The van der Waals surface area contributed by atoms with Crippen LogP contribution in [0, 0.1) is 6.20 Å². The van der Waals surface area contributed by atoms with Crippen molar-refractivity contribution in [2.75, 3.05) is 26.3 Å². The van der Waals surface area contributed by atoms with Crippen LogP contribution in [0.15, 0.2) is 0 Å². The molecule has 2 heterocycles. The molecule has 1 fully saturated rings. The molecule has 0 aromatic carbocycles. The van der Waals surface area contributed by atoms with Gasteiger partial charge in [-0.15, -0.1) is 10.9 Å². The van der Waals surface area contributed by atoms with Gasteiger partial charge in [-0.3, -0.25) is 10.00 Å². The average Bonchev–Trinajstić information content (AvgIpc) is 2.59. The third-order valence-electron chi connectivity index (χ3n) is 1.91. The molecule has 0 unspecified atom stereocenters. The van der Waals surface area contributed by atoms with Gasteiger partial charge in [0.15, 0.2) is 0 Å². The quantitative estimate of drug-likeness (QED) is 0.565. The summed E-state index contributed by atoms with van der Waals surface area (Å²) in [7, 11) is 0. The standard InChI is InChI=1S/C7H11N4O.Au/c1-3-12-4-2-11(1)6-7-5-8-10-9-7;/h1-4,6H2,(H,8,9,10);/q-1;+1. The van der Waals surface area contributed by atoms with Crippen molar-refractivity contribution in [2.24, 2.45) is 0 Å². The van der Waals surface area contributed by atoms with E-state index in [0.29, 0.717) is 0 Å². The molecule has 76 valence electrons. The van der Waals surface area contributed by atoms with E-state index in [1.807, 2.05) is 0 Å². The van der Waals surface area contributed by atoms with Crippen LogP contribution in [0.1, 0.15) is 5.69 Å². The van der Waals surface area contributed by atoms with Gasteiger partial charge in [-0.05, 0) is 0 Å². The number of aromatic amines is 1. The first-order chi connectivity index (χ1) is 5.95. The summed E-state index contributed by atoms with van der Waals surface area (Å²) in [6.45, 7) is 4.44. The van der Waals surface area contributed by atoms with E-state index in [1.54, 1.807) is 0 Å². The Balaban J connectivity index is 0.000000845. The molecule has 13 heavy (non-hydrogen) atoms. The third-order valence-corrected chi connectivity index (χ3v) is 1.91. The zero-order valence-corrected chi connectivity index (χ0v) is 9.25. The summed E-state index contributed by atoms with van der Waals surface area (Å²) in [5.41, 5.74) is 0.942. The maximum Gasteiger partial charge on any atom is 1.00 e. The number of hydrogen-bond acceptors (Lipinski definition) is 4. The summed E-state index contributed by atoms with van der Waals surface area (Å²) in [6, 6.07) is 0. The molecule has 0 atom stereocenters. The molecule has 0 amide bonds. The molecule has 0 saturated carbocycles. The zero-order valence-electron chi connectivity index (χ0n) is 7.09. The van der Waals surface area contributed by atoms with Gasteiger partial charge in [0.1, 0.15) is 0 Å². The van der Waals surface area contributed by atoms with E-state index in [1.165, 1.54) is 0 Å². The molecule has 0 radical (unpaired) electrons. The van der Waals surface area contributed by atoms with Crippen molar-refractivity contribution < 1.29 is 27.1 Å². The molecule has 0 spiro atoms. The van der Waals surface area contributed by atoms with Crippen LogP contribution in [-0.4, -0.2) is 46.6 Å². The normalized spacial score (nSPS) is 18.2. The number of H-pyrrole nitrogens is 1. The molecule has 1 N–H and O–H groups in total. The summed E-state index contributed by atoms with van der Waals surface area (Å²) >= 11 is 0. The van der Waals surface area contributed by atoms with Crippen LogP contribution < -0.4 is 0 Å². The van der Waals surface area contributed by atoms with Gasteiger partial charge in [0.25, 0.3) is 0 Å². The smallest absolute Gasteiger partial charge is 0.379 e. The van der Waals surface area contributed by atoms with E-state index in [-0.39, 0.29) is 22.4 Å². The van der Waals surface area contributed by atoms with E-state index in [9.17, 15) is 0 Å². The minimum Gasteiger partial charge on any atom is -0.379 e. The topological polar surface area (TPSA) is 54.0 Å². The van der Waals surface area contributed by atoms with Crippen molar-refractivity contribution >= 4 is 0 Å². The molecule has 5 nitrogen and oxygen atoms in total. The fourth-order valence-electron chi connectivity index (χ4n) is 1.25. The number of nitrogens with one attached hydrogen (secondary N) is 1. The second kappa shape index (κ2) is 5.51. The zero-order chi connectivity index (χ0) is 8.23. The van der Waals surface area contributed by atoms with Crippen molar-refractivity contribution in [3.63, 3.8) is 0 Å². The van der Waals surface area contributed by atoms with Crippen LogP contribution in [0.3, 0.4) is 0 Å². The number of rotatable bonds is 2. The molecular formula is C7H11AuN4O. The molecule has 6 heteroatoms. The van der Waals surface area contributed by atoms with Gasteiger partial charge in [-0.1, -0.05) is 0 Å². The van der Waals surface area contributed by atoms with Gasteiger partial charge < -0.3 is 16.0 Å². The first-order valence-electron chi connectivity index (χ1n) is 4.03. The molecule has 1 aromatic heterocycles. The molecule has 1 saturated heterocycles. The predicted molar refractivity (Wildman–Crippen MR) is 41.3 cm³/mol. The van der Waals surface area contributed by atoms with Gasteiger partial charge in [-0.25, -0.2) is 0 Å². The molecule has 0 aliphatic carbocycles. The van der Waals surface area contributed by atoms with Crippen molar-refractivity contribution in [1.82, 2.24) is 20.3 Å². The summed E-state index contributed by atoms with van der Waals surface area (Å²) < 4.78 is 5.23. The van der Waals surface area contributed by atoms with Crippen LogP contribution in [0.25, 0.3) is 0 Å². The number of aromatic nitrogens is 3. The molecule has 0 bridgehead atoms. The molecule has 1 aliphatic heterocycles. The SMILES string of the molecule is [Au+].[c-]1nn[nH]c1CN1CCOCC1. The van der Waals surface area contributed by atoms with Crippen molar-refractivity contribution in [3.05, 3.63) is 11.9 Å². The Hall–Kier alpha value is -0.200. The van der Waals surface area contributed by atoms with Crippen LogP contribution in [-0.2, 0) is 33.7 Å². The van der Waals surface area contributed by atoms with Gasteiger partial charge in [-0.2, -0.15) is 0 Å². The summed E-state index contributed by atoms with van der Waals surface area (Å²) in [6.07, 6.45) is 2.79. The Kier molecular flexibility index (Phi) is 4.61. The van der Waals surface area contributed by atoms with E-state index in [4.69, 9.17) is 4.74 Å². The first-order valence-corrected chi connectivity index (χ1v) is 4.03. The van der Waals surface area contributed by atoms with Crippen LogP contribution in [0.5, 0.6) is 0 Å². The van der Waals surface area contributed by atoms with Crippen molar-refractivity contribution in [3.8, 4) is 0 Å². The van der Waals surface area contributed by atoms with E-state index >= 15 is 0 Å². The van der Waals surface area contributed by atoms with Crippen LogP contribution in [0.4, 0.5) is 0 Å². The number of morpholine rings is 1. The second-order valence-corrected chi connectivity index (χ2v) is 2.79. The molecule has 1 aromatic rings. The maximum atomic E-state index is 5.23. The minimum absolute atomic E-state index is 0. The Morgan fingerprint density at radius 3 is 2.85 bits per heavy atom. The third kappa shape index (κ3) is 3.21. The van der Waals surface area contributed by atoms with Crippen molar-refractivity contribution in [2.45, 2.75) is 6.54 Å². The van der Waals surface area contributed by atoms with E-state index < -0.39 is 0 Å². The van der Waals surface area contributed by atoms with Gasteiger partial charge in [0.05, 0.1) is 13.2 Å². The van der Waals surface area contributed by atoms with Crippen LogP contribution >= 0.6 is 0 Å². The first kappa shape index (κ1) is 10.9. The fourth-order valence-corrected chi connectivity index (χ4v) is 1.25. The van der Waals surface area contributed by atoms with Gasteiger partial charge >= 0.3 is 22.4 Å². The Morgan fingerprint density at radius 2 is 2.23 bits per heavy atom. The Labute approximate surface area is 92.3 Å². The number of ether oxygens (including phenoxy) is 1.